The molecule has 2 aromatic rings. The molecule has 2 unspecified atom stereocenters. The topological polar surface area (TPSA) is 89.6 Å². The minimum atomic E-state index is -4.85. The number of aromatic nitrogens is 3. The van der Waals surface area contributed by atoms with Crippen LogP contribution in [-0.4, -0.2) is 71.6 Å². The van der Waals surface area contributed by atoms with Crippen molar-refractivity contribution in [2.24, 2.45) is 0 Å². The van der Waals surface area contributed by atoms with Gasteiger partial charge < -0.3 is 20.1 Å². The summed E-state index contributed by atoms with van der Waals surface area (Å²) >= 11 is 0. The molecule has 2 saturated heterocycles. The molecule has 3 aliphatic rings. The monoisotopic (exact) mass is 450 g/mol. The number of rotatable bonds is 7. The van der Waals surface area contributed by atoms with Gasteiger partial charge in [0.15, 0.2) is 11.6 Å². The molecule has 5 rings (SSSR count). The van der Waals surface area contributed by atoms with Crippen molar-refractivity contribution in [1.29, 1.82) is 0 Å². The molecule has 1 saturated carbocycles. The number of piperazine rings is 1. The number of methoxy groups -OCH3 is 1. The van der Waals surface area contributed by atoms with Crippen LogP contribution < -0.4 is 15.4 Å². The van der Waals surface area contributed by atoms with Crippen molar-refractivity contribution < 1.29 is 22.6 Å². The lowest BCUT2D eigenvalue weighted by atomic mass is 10.1. The first-order valence-corrected chi connectivity index (χ1v) is 10.7. The zero-order valence-electron chi connectivity index (χ0n) is 17.7. The summed E-state index contributed by atoms with van der Waals surface area (Å²) in [5.74, 6) is 0.977. The number of ether oxygens (including phenoxy) is 2. The van der Waals surface area contributed by atoms with Crippen LogP contribution in [0.4, 0.5) is 24.8 Å². The maximum atomic E-state index is 12.7. The Kier molecular flexibility index (Phi) is 5.32. The Morgan fingerprint density at radius 3 is 2.62 bits per heavy atom. The van der Waals surface area contributed by atoms with Gasteiger partial charge in [0.25, 0.3) is 0 Å². The quantitative estimate of drug-likeness (QED) is 0.689. The first kappa shape index (κ1) is 21.2. The summed E-state index contributed by atoms with van der Waals surface area (Å²) < 4.78 is 47.5. The average Bonchev–Trinajstić information content (AvgIpc) is 3.42. The zero-order valence-corrected chi connectivity index (χ0v) is 17.7. The van der Waals surface area contributed by atoms with Gasteiger partial charge in [0, 0.05) is 62.6 Å². The molecule has 0 radical (unpaired) electrons. The summed E-state index contributed by atoms with van der Waals surface area (Å²) in [6.45, 7) is 3.42. The van der Waals surface area contributed by atoms with Gasteiger partial charge in [-0.3, -0.25) is 4.90 Å². The number of anilines is 2. The Hall–Kier alpha value is -2.66. The maximum absolute atomic E-state index is 12.7. The van der Waals surface area contributed by atoms with Crippen LogP contribution in [0.3, 0.4) is 0 Å². The number of hydrogen-bond acceptors (Lipinski definition) is 8. The highest BCUT2D eigenvalue weighted by Gasteiger charge is 2.44. The van der Waals surface area contributed by atoms with Crippen LogP contribution in [0.15, 0.2) is 18.3 Å². The van der Waals surface area contributed by atoms with Crippen LogP contribution in [0.1, 0.15) is 31.0 Å². The van der Waals surface area contributed by atoms with Gasteiger partial charge in [-0.2, -0.15) is 0 Å². The molecule has 2 aliphatic heterocycles. The second kappa shape index (κ2) is 8.04. The van der Waals surface area contributed by atoms with Gasteiger partial charge >= 0.3 is 6.36 Å². The van der Waals surface area contributed by atoms with Gasteiger partial charge in [-0.15, -0.1) is 13.2 Å². The van der Waals surface area contributed by atoms with E-state index >= 15 is 0 Å². The number of halogens is 3. The Balaban J connectivity index is 1.44. The van der Waals surface area contributed by atoms with Crippen LogP contribution in [0.25, 0.3) is 11.3 Å². The van der Waals surface area contributed by atoms with Crippen molar-refractivity contribution in [3.8, 4) is 17.0 Å². The lowest BCUT2D eigenvalue weighted by Crippen LogP contribution is -2.47. The minimum Gasteiger partial charge on any atom is -0.402 e. The molecule has 32 heavy (non-hydrogen) atoms. The van der Waals surface area contributed by atoms with E-state index in [1.54, 1.807) is 7.11 Å². The van der Waals surface area contributed by atoms with Gasteiger partial charge in [0.1, 0.15) is 11.6 Å². The van der Waals surface area contributed by atoms with Crippen molar-refractivity contribution >= 4 is 11.6 Å². The molecular formula is C21H25F3N6O2. The molecule has 0 amide bonds. The first-order valence-electron chi connectivity index (χ1n) is 10.7. The highest BCUT2D eigenvalue weighted by atomic mass is 19.4. The Morgan fingerprint density at radius 2 is 1.97 bits per heavy atom. The molecule has 2 N–H and O–H groups in total. The molecule has 172 valence electrons. The molecule has 8 nitrogen and oxygen atoms in total. The van der Waals surface area contributed by atoms with E-state index in [0.717, 1.165) is 50.5 Å². The summed E-state index contributed by atoms with van der Waals surface area (Å²) in [5.41, 5.74) is 6.53. The summed E-state index contributed by atoms with van der Waals surface area (Å²) in [6, 6.07) is 3.86. The van der Waals surface area contributed by atoms with Crippen LogP contribution in [0.5, 0.6) is 5.75 Å². The van der Waals surface area contributed by atoms with E-state index in [1.165, 1.54) is 12.3 Å². The van der Waals surface area contributed by atoms with E-state index < -0.39 is 12.1 Å². The largest absolute Gasteiger partial charge is 0.573 e. The zero-order chi connectivity index (χ0) is 22.5. The molecule has 2 aromatic heterocycles. The van der Waals surface area contributed by atoms with E-state index in [4.69, 9.17) is 15.5 Å². The highest BCUT2D eigenvalue weighted by molar-refractivity contribution is 5.67. The standard InChI is InChI=1S/C21H25F3N6O2/c1-31-5-4-29-10-15-7-14(29)11-30(15)18-8-16(27-20(28-18)12-2-3-12)13-6-17(19(25)26-9-13)32-21(22,23)24/h6,8-9,12,14-15H,2-5,7,10-11H2,1H3,(H2,25,26). The number of pyridine rings is 1. The molecule has 0 aromatic carbocycles. The predicted molar refractivity (Wildman–Crippen MR) is 111 cm³/mol. The fraction of sp³-hybridized carbons (Fsp3) is 0.571. The van der Waals surface area contributed by atoms with Crippen LogP contribution >= 0.6 is 0 Å². The first-order chi connectivity index (χ1) is 15.3. The Morgan fingerprint density at radius 1 is 1.16 bits per heavy atom. The van der Waals surface area contributed by atoms with E-state index in [1.807, 2.05) is 6.07 Å². The number of alkyl halides is 3. The van der Waals surface area contributed by atoms with Crippen molar-refractivity contribution in [2.75, 3.05) is 44.0 Å². The van der Waals surface area contributed by atoms with E-state index in [9.17, 15) is 13.2 Å². The van der Waals surface area contributed by atoms with E-state index in [0.29, 0.717) is 35.9 Å². The van der Waals surface area contributed by atoms with Crippen LogP contribution in [-0.2, 0) is 4.74 Å². The number of hydrogen-bond donors (Lipinski definition) is 1. The summed E-state index contributed by atoms with van der Waals surface area (Å²) in [6.07, 6.45) is -0.336. The predicted octanol–water partition coefficient (Wildman–Crippen LogP) is 2.81. The van der Waals surface area contributed by atoms with Crippen molar-refractivity contribution in [3.63, 3.8) is 0 Å². The third-order valence-electron chi connectivity index (χ3n) is 6.31. The molecule has 11 heteroatoms. The van der Waals surface area contributed by atoms with Gasteiger partial charge in [0.05, 0.1) is 12.3 Å². The normalized spacial score (nSPS) is 23.2. The average molecular weight is 450 g/mol. The summed E-state index contributed by atoms with van der Waals surface area (Å²) in [5, 5.41) is 0. The fourth-order valence-corrected chi connectivity index (χ4v) is 4.59. The summed E-state index contributed by atoms with van der Waals surface area (Å²) in [7, 11) is 1.71. The lowest BCUT2D eigenvalue weighted by molar-refractivity contribution is -0.274. The third kappa shape index (κ3) is 4.31. The SMILES string of the molecule is COCCN1CC2CC1CN2c1cc(-c2cnc(N)c(OC(F)(F)F)c2)nc(C2CC2)n1. The molecule has 1 aliphatic carbocycles. The minimum absolute atomic E-state index is 0.291. The fourth-order valence-electron chi connectivity index (χ4n) is 4.59. The second-order valence-corrected chi connectivity index (χ2v) is 8.58. The van der Waals surface area contributed by atoms with Crippen LogP contribution in [0, 0.1) is 0 Å². The van der Waals surface area contributed by atoms with Crippen molar-refractivity contribution in [2.45, 2.75) is 43.6 Å². The van der Waals surface area contributed by atoms with Gasteiger partial charge in [0.2, 0.25) is 0 Å². The van der Waals surface area contributed by atoms with Crippen molar-refractivity contribution in [1.82, 2.24) is 19.9 Å². The molecule has 2 atom stereocenters. The van der Waals surface area contributed by atoms with Gasteiger partial charge in [-0.1, -0.05) is 0 Å². The highest BCUT2D eigenvalue weighted by Crippen LogP contribution is 2.41. The lowest BCUT2D eigenvalue weighted by Gasteiger charge is -2.35. The number of nitrogen functional groups attached to an aromatic ring is 1. The number of nitrogens with zero attached hydrogens (tertiary/aromatic N) is 5. The van der Waals surface area contributed by atoms with E-state index in [-0.39, 0.29) is 5.82 Å². The number of nitrogens with two attached hydrogens (primary N) is 1. The Labute approximate surface area is 183 Å². The van der Waals surface area contributed by atoms with Gasteiger partial charge in [-0.05, 0) is 25.3 Å². The smallest absolute Gasteiger partial charge is 0.402 e. The van der Waals surface area contributed by atoms with Gasteiger partial charge in [-0.25, -0.2) is 15.0 Å². The molecule has 3 fully saturated rings. The number of fused-ring (bicyclic) bond motifs is 2. The molecule has 4 heterocycles. The molecule has 0 spiro atoms. The number of likely N-dealkylation sites (tertiary alicyclic amines) is 1. The second-order valence-electron chi connectivity index (χ2n) is 8.58. The van der Waals surface area contributed by atoms with Crippen LogP contribution in [0.2, 0.25) is 0 Å². The van der Waals surface area contributed by atoms with E-state index in [2.05, 4.69) is 24.5 Å². The molecule has 2 bridgehead atoms. The Bertz CT molecular complexity index is 1000. The maximum Gasteiger partial charge on any atom is 0.573 e. The third-order valence-corrected chi connectivity index (χ3v) is 6.31. The van der Waals surface area contributed by atoms with Crippen molar-refractivity contribution in [3.05, 3.63) is 24.2 Å². The summed E-state index contributed by atoms with van der Waals surface area (Å²) in [4.78, 5) is 18.1. The molecular weight excluding hydrogens is 425 g/mol.